The zero-order valence-electron chi connectivity index (χ0n) is 25.3. The van der Waals surface area contributed by atoms with Crippen molar-refractivity contribution in [1.29, 1.82) is 10.5 Å². The third kappa shape index (κ3) is 11.0. The molecule has 10 nitrogen and oxygen atoms in total. The Bertz CT molecular complexity index is 1260. The first kappa shape index (κ1) is 37.1. The lowest BCUT2D eigenvalue weighted by Gasteiger charge is -2.25. The standard InChI is InChI=1S/C16H19N5O.C6H12N2.C6H13NOS.ClH/c1-9(16(2,3)8-17)20-15(22)11-6-18-14-13(11)21-12(7-19-14)10-4-5-10;1-5(8)6(2,3)4-7;1-5-7-9(8)6(2,3)4;/h6-7,9-10H,4-5H2,1-3H3,(H,18,19)(H,20,22);5H,8H2,1-3H3;5H,1-4H3;1H/t9-;;;/m0.../s1. The number of carbonyl (C=O) groups is 1. The number of nitriles is 2. The Kier molecular flexibility index (Phi) is 14.1. The van der Waals surface area contributed by atoms with Crippen molar-refractivity contribution in [1.82, 2.24) is 20.3 Å². The molecule has 0 aromatic carbocycles. The number of aromatic nitrogens is 3. The van der Waals surface area contributed by atoms with Gasteiger partial charge >= 0.3 is 0 Å². The van der Waals surface area contributed by atoms with E-state index in [2.05, 4.69) is 36.8 Å². The highest BCUT2D eigenvalue weighted by molar-refractivity contribution is 7.85. The van der Waals surface area contributed by atoms with Crippen LogP contribution in [0.3, 0.4) is 0 Å². The van der Waals surface area contributed by atoms with Crippen LogP contribution < -0.4 is 11.1 Å². The molecule has 1 saturated carbocycles. The zero-order chi connectivity index (χ0) is 30.2. The molecule has 0 saturated heterocycles. The molecule has 0 spiro atoms. The van der Waals surface area contributed by atoms with Crippen LogP contribution in [0.2, 0.25) is 0 Å². The van der Waals surface area contributed by atoms with Crippen LogP contribution in [0.15, 0.2) is 16.8 Å². The fraction of sp³-hybridized carbons (Fsp3) is 0.643. The highest BCUT2D eigenvalue weighted by Gasteiger charge is 2.29. The van der Waals surface area contributed by atoms with Gasteiger partial charge in [0.15, 0.2) is 5.65 Å². The monoisotopic (exact) mass is 592 g/mol. The Morgan fingerprint density at radius 2 is 1.73 bits per heavy atom. The predicted molar refractivity (Wildman–Crippen MR) is 165 cm³/mol. The van der Waals surface area contributed by atoms with Crippen LogP contribution in [0.25, 0.3) is 11.2 Å². The Morgan fingerprint density at radius 1 is 1.18 bits per heavy atom. The number of H-pyrrole nitrogens is 1. The lowest BCUT2D eigenvalue weighted by Crippen LogP contribution is -2.42. The summed E-state index contributed by atoms with van der Waals surface area (Å²) < 4.78 is 14.5. The third-order valence-corrected chi connectivity index (χ3v) is 7.96. The van der Waals surface area contributed by atoms with Gasteiger partial charge in [-0.2, -0.15) is 14.9 Å². The normalized spacial score (nSPS) is 15.6. The fourth-order valence-corrected chi connectivity index (χ4v) is 3.07. The van der Waals surface area contributed by atoms with Crippen LogP contribution >= 0.6 is 12.4 Å². The van der Waals surface area contributed by atoms with Crippen LogP contribution in [0.4, 0.5) is 0 Å². The maximum atomic E-state index is 12.5. The van der Waals surface area contributed by atoms with Crippen LogP contribution in [-0.4, -0.2) is 48.1 Å². The quantitative estimate of drug-likeness (QED) is 0.379. The van der Waals surface area contributed by atoms with E-state index >= 15 is 0 Å². The Balaban J connectivity index is 0.000000706. The summed E-state index contributed by atoms with van der Waals surface area (Å²) in [6.07, 6.45) is 7.25. The number of fused-ring (bicyclic) bond motifs is 1. The largest absolute Gasteiger partial charge is 0.348 e. The summed E-state index contributed by atoms with van der Waals surface area (Å²) in [5, 5.41) is 20.5. The first-order valence-corrected chi connectivity index (χ1v) is 14.2. The molecule has 222 valence electrons. The number of rotatable bonds is 6. The van der Waals surface area contributed by atoms with Crippen molar-refractivity contribution in [3.63, 3.8) is 0 Å². The van der Waals surface area contributed by atoms with E-state index in [1.54, 1.807) is 39.4 Å². The third-order valence-electron chi connectivity index (χ3n) is 6.51. The Labute approximate surface area is 247 Å². The van der Waals surface area contributed by atoms with Crippen molar-refractivity contribution in [2.45, 2.75) is 105 Å². The zero-order valence-corrected chi connectivity index (χ0v) is 27.0. The number of nitrogens with two attached hydrogens (primary N) is 1. The van der Waals surface area contributed by atoms with Crippen molar-refractivity contribution in [2.75, 3.05) is 0 Å². The van der Waals surface area contributed by atoms with Gasteiger partial charge in [-0.05, 0) is 82.1 Å². The molecule has 1 aliphatic carbocycles. The van der Waals surface area contributed by atoms with E-state index in [0.717, 1.165) is 18.5 Å². The minimum atomic E-state index is -1.07. The molecule has 2 unspecified atom stereocenters. The van der Waals surface area contributed by atoms with Crippen LogP contribution in [0.1, 0.15) is 104 Å². The molecule has 2 aromatic heterocycles. The maximum Gasteiger partial charge on any atom is 0.255 e. The molecular formula is C28H45ClN8O2S. The van der Waals surface area contributed by atoms with Gasteiger partial charge in [-0.15, -0.1) is 12.4 Å². The molecule has 4 N–H and O–H groups in total. The molecule has 2 heterocycles. The fourth-order valence-electron chi connectivity index (χ4n) is 2.56. The summed E-state index contributed by atoms with van der Waals surface area (Å²) in [5.41, 5.74) is 7.09. The van der Waals surface area contributed by atoms with Gasteiger partial charge in [-0.1, -0.05) is 0 Å². The van der Waals surface area contributed by atoms with E-state index in [4.69, 9.17) is 16.3 Å². The van der Waals surface area contributed by atoms with E-state index < -0.39 is 16.4 Å². The smallest absolute Gasteiger partial charge is 0.255 e. The minimum Gasteiger partial charge on any atom is -0.348 e. The SMILES string of the molecule is CC(N)C(C)(C)C#N.CC=NS(=O)C(C)(C)C.C[C@H](NC(=O)c1c[nH]c2ncc(C3CC3)nc12)C(C)(C)C#N.Cl. The summed E-state index contributed by atoms with van der Waals surface area (Å²) in [6.45, 7) is 18.4. The van der Waals surface area contributed by atoms with E-state index in [1.807, 2.05) is 48.5 Å². The number of nitrogens with one attached hydrogen (secondary N) is 2. The molecule has 1 amide bonds. The molecule has 1 fully saturated rings. The number of hydrogen-bond donors (Lipinski definition) is 3. The second-order valence-corrected chi connectivity index (χ2v) is 13.8. The number of hydrogen-bond acceptors (Lipinski definition) is 7. The Morgan fingerprint density at radius 3 is 2.10 bits per heavy atom. The lowest BCUT2D eigenvalue weighted by molar-refractivity contribution is 0.0921. The number of nitrogens with zero attached hydrogens (tertiary/aromatic N) is 5. The number of aromatic amines is 1. The van der Waals surface area contributed by atoms with Crippen molar-refractivity contribution in [3.8, 4) is 12.1 Å². The second-order valence-electron chi connectivity index (χ2n) is 11.8. The van der Waals surface area contributed by atoms with Gasteiger partial charge < -0.3 is 16.0 Å². The molecule has 3 atom stereocenters. The van der Waals surface area contributed by atoms with Crippen molar-refractivity contribution in [3.05, 3.63) is 23.7 Å². The summed E-state index contributed by atoms with van der Waals surface area (Å²) in [6, 6.07) is 4.01. The molecule has 1 aliphatic rings. The van der Waals surface area contributed by atoms with Gasteiger partial charge in [0.25, 0.3) is 5.91 Å². The lowest BCUT2D eigenvalue weighted by atomic mass is 9.87. The van der Waals surface area contributed by atoms with Crippen molar-refractivity contribution in [2.24, 2.45) is 21.0 Å². The van der Waals surface area contributed by atoms with Crippen LogP contribution in [-0.2, 0) is 11.0 Å². The first-order valence-electron chi connectivity index (χ1n) is 13.0. The highest BCUT2D eigenvalue weighted by Crippen LogP contribution is 2.39. The molecular weight excluding hydrogens is 548 g/mol. The van der Waals surface area contributed by atoms with E-state index in [0.29, 0.717) is 22.6 Å². The molecule has 12 heteroatoms. The number of carbonyl (C=O) groups excluding carboxylic acids is 1. The molecule has 40 heavy (non-hydrogen) atoms. The second kappa shape index (κ2) is 15.2. The number of amides is 1. The van der Waals surface area contributed by atoms with Crippen LogP contribution in [0.5, 0.6) is 0 Å². The molecule has 0 aliphatic heterocycles. The molecule has 2 aromatic rings. The van der Waals surface area contributed by atoms with Gasteiger partial charge in [-0.3, -0.25) is 4.79 Å². The van der Waals surface area contributed by atoms with Gasteiger partial charge in [0.1, 0.15) is 16.5 Å². The number of halogens is 1. The molecule has 3 rings (SSSR count). The van der Waals surface area contributed by atoms with Gasteiger partial charge in [0.2, 0.25) is 0 Å². The summed E-state index contributed by atoms with van der Waals surface area (Å²) >= 11 is 0. The van der Waals surface area contributed by atoms with Gasteiger partial charge in [0, 0.05) is 30.4 Å². The van der Waals surface area contributed by atoms with Crippen molar-refractivity contribution >= 4 is 46.7 Å². The summed E-state index contributed by atoms with van der Waals surface area (Å²) in [5.74, 6) is 0.253. The maximum absolute atomic E-state index is 12.5. The average Bonchev–Trinajstić information content (AvgIpc) is 3.62. The summed E-state index contributed by atoms with van der Waals surface area (Å²) in [4.78, 5) is 24.4. The van der Waals surface area contributed by atoms with Gasteiger partial charge in [-0.25, -0.2) is 14.2 Å². The van der Waals surface area contributed by atoms with Crippen LogP contribution in [0, 0.1) is 33.5 Å². The van der Waals surface area contributed by atoms with Gasteiger partial charge in [0.05, 0.1) is 45.2 Å². The van der Waals surface area contributed by atoms with Crippen molar-refractivity contribution < 1.29 is 9.00 Å². The predicted octanol–water partition coefficient (Wildman–Crippen LogP) is 5.35. The highest BCUT2D eigenvalue weighted by atomic mass is 35.5. The first-order chi connectivity index (χ1) is 17.9. The molecule has 0 radical (unpaired) electrons. The molecule has 0 bridgehead atoms. The Hall–Kier alpha value is -2.86. The van der Waals surface area contributed by atoms with E-state index in [1.165, 1.54) is 0 Å². The topological polar surface area (TPSA) is 174 Å². The van der Waals surface area contributed by atoms with E-state index in [-0.39, 0.29) is 40.6 Å². The van der Waals surface area contributed by atoms with E-state index in [9.17, 15) is 9.00 Å². The average molecular weight is 593 g/mol. The minimum absolute atomic E-state index is 0. The summed E-state index contributed by atoms with van der Waals surface area (Å²) in [7, 11) is -1.07.